The molecular formula is C18H23ClN4O2. The number of carbonyl (C=O) groups is 2. The summed E-state index contributed by atoms with van der Waals surface area (Å²) < 4.78 is 1.75. The normalized spacial score (nSPS) is 10.8. The van der Waals surface area contributed by atoms with Crippen molar-refractivity contribution in [1.29, 1.82) is 0 Å². The number of aryl methyl sites for hydroxylation is 1. The molecular weight excluding hydrogens is 340 g/mol. The van der Waals surface area contributed by atoms with Gasteiger partial charge in [-0.15, -0.1) is 0 Å². The Balaban J connectivity index is 1.94. The second-order valence-corrected chi connectivity index (χ2v) is 6.52. The lowest BCUT2D eigenvalue weighted by molar-refractivity contribution is -0.123. The molecule has 0 saturated heterocycles. The van der Waals surface area contributed by atoms with Crippen LogP contribution in [0.4, 0.5) is 0 Å². The number of hydrogen-bond donors (Lipinski definition) is 2. The molecule has 1 heterocycles. The lowest BCUT2D eigenvalue weighted by Gasteiger charge is -2.09. The van der Waals surface area contributed by atoms with Crippen molar-refractivity contribution in [3.8, 4) is 5.69 Å². The van der Waals surface area contributed by atoms with Crippen LogP contribution in [0.2, 0.25) is 5.02 Å². The summed E-state index contributed by atoms with van der Waals surface area (Å²) >= 11 is 6.17. The smallest absolute Gasteiger partial charge is 0.251 e. The minimum Gasteiger partial charge on any atom is -0.354 e. The molecule has 7 heteroatoms. The number of halogens is 1. The molecule has 6 nitrogen and oxygen atoms in total. The van der Waals surface area contributed by atoms with Crippen LogP contribution in [-0.4, -0.2) is 34.7 Å². The fourth-order valence-electron chi connectivity index (χ4n) is 2.30. The molecule has 2 amide bonds. The van der Waals surface area contributed by atoms with Gasteiger partial charge in [-0.05, 0) is 38.1 Å². The third kappa shape index (κ3) is 4.60. The highest BCUT2D eigenvalue weighted by atomic mass is 35.5. The first-order valence-electron chi connectivity index (χ1n) is 8.19. The number of amides is 2. The Hall–Kier alpha value is -2.34. The maximum Gasteiger partial charge on any atom is 0.251 e. The third-order valence-corrected chi connectivity index (χ3v) is 4.36. The molecule has 0 radical (unpaired) electrons. The number of benzene rings is 1. The van der Waals surface area contributed by atoms with Gasteiger partial charge in [0, 0.05) is 24.6 Å². The van der Waals surface area contributed by atoms with Gasteiger partial charge in [0.1, 0.15) is 0 Å². The second kappa shape index (κ2) is 8.16. The number of rotatable bonds is 6. The van der Waals surface area contributed by atoms with Crippen LogP contribution < -0.4 is 10.6 Å². The molecule has 0 aliphatic heterocycles. The number of aromatic nitrogens is 2. The van der Waals surface area contributed by atoms with Crippen LogP contribution >= 0.6 is 11.6 Å². The Morgan fingerprint density at radius 1 is 1.12 bits per heavy atom. The molecule has 0 spiro atoms. The lowest BCUT2D eigenvalue weighted by atomic mass is 10.2. The first-order chi connectivity index (χ1) is 11.8. The molecule has 0 bridgehead atoms. The Kier molecular flexibility index (Phi) is 6.20. The van der Waals surface area contributed by atoms with Crippen LogP contribution in [0.1, 0.15) is 35.6 Å². The van der Waals surface area contributed by atoms with Crippen molar-refractivity contribution in [1.82, 2.24) is 20.4 Å². The molecule has 2 N–H and O–H groups in total. The summed E-state index contributed by atoms with van der Waals surface area (Å²) in [5, 5.41) is 10.6. The van der Waals surface area contributed by atoms with Gasteiger partial charge in [-0.1, -0.05) is 25.4 Å². The summed E-state index contributed by atoms with van der Waals surface area (Å²) in [6.45, 7) is 8.19. The Morgan fingerprint density at radius 2 is 1.72 bits per heavy atom. The number of hydrogen-bond acceptors (Lipinski definition) is 3. The average Bonchev–Trinajstić information content (AvgIpc) is 2.85. The van der Waals surface area contributed by atoms with Gasteiger partial charge in [0.05, 0.1) is 22.1 Å². The molecule has 2 aromatic rings. The van der Waals surface area contributed by atoms with Crippen molar-refractivity contribution in [3.05, 3.63) is 46.2 Å². The number of nitrogens with one attached hydrogen (secondary N) is 2. The molecule has 0 aliphatic carbocycles. The molecule has 134 valence electrons. The molecule has 0 saturated carbocycles. The highest BCUT2D eigenvalue weighted by Crippen LogP contribution is 2.22. The average molecular weight is 363 g/mol. The van der Waals surface area contributed by atoms with Crippen molar-refractivity contribution < 1.29 is 9.59 Å². The summed E-state index contributed by atoms with van der Waals surface area (Å²) in [7, 11) is 0. The summed E-state index contributed by atoms with van der Waals surface area (Å²) in [5.41, 5.74) is 3.02. The first kappa shape index (κ1) is 19.0. The largest absolute Gasteiger partial charge is 0.354 e. The standard InChI is InChI=1S/C18H23ClN4O2/c1-11(2)17(24)20-9-10-21-18(25)14-5-7-15(8-6-14)23-13(4)16(19)12(3)22-23/h5-8,11H,9-10H2,1-4H3,(H,20,24)(H,21,25). The van der Waals surface area contributed by atoms with E-state index in [1.807, 2.05) is 39.8 Å². The van der Waals surface area contributed by atoms with E-state index in [4.69, 9.17) is 11.6 Å². The molecule has 2 rings (SSSR count). The topological polar surface area (TPSA) is 76.0 Å². The van der Waals surface area contributed by atoms with Gasteiger partial charge in [0.2, 0.25) is 5.91 Å². The van der Waals surface area contributed by atoms with Crippen molar-refractivity contribution in [2.24, 2.45) is 5.92 Å². The van der Waals surface area contributed by atoms with E-state index in [9.17, 15) is 9.59 Å². The van der Waals surface area contributed by atoms with Gasteiger partial charge in [-0.2, -0.15) is 5.10 Å². The maximum absolute atomic E-state index is 12.1. The van der Waals surface area contributed by atoms with Crippen LogP contribution in [0, 0.1) is 19.8 Å². The molecule has 0 unspecified atom stereocenters. The molecule has 0 aliphatic rings. The van der Waals surface area contributed by atoms with Crippen molar-refractivity contribution >= 4 is 23.4 Å². The molecule has 0 atom stereocenters. The summed E-state index contributed by atoms with van der Waals surface area (Å²) in [6, 6.07) is 7.12. The van der Waals surface area contributed by atoms with Gasteiger partial charge in [-0.25, -0.2) is 4.68 Å². The lowest BCUT2D eigenvalue weighted by Crippen LogP contribution is -2.36. The van der Waals surface area contributed by atoms with Gasteiger partial charge < -0.3 is 10.6 Å². The summed E-state index contributed by atoms with van der Waals surface area (Å²) in [5.74, 6) is -0.273. The van der Waals surface area contributed by atoms with E-state index in [1.54, 1.807) is 16.8 Å². The maximum atomic E-state index is 12.1. The molecule has 1 aromatic carbocycles. The fourth-order valence-corrected chi connectivity index (χ4v) is 2.41. The van der Waals surface area contributed by atoms with E-state index >= 15 is 0 Å². The second-order valence-electron chi connectivity index (χ2n) is 6.15. The zero-order chi connectivity index (χ0) is 18.6. The minimum atomic E-state index is -0.184. The van der Waals surface area contributed by atoms with Crippen molar-refractivity contribution in [2.45, 2.75) is 27.7 Å². The molecule has 25 heavy (non-hydrogen) atoms. The Labute approximate surface area is 152 Å². The van der Waals surface area contributed by atoms with Gasteiger partial charge >= 0.3 is 0 Å². The van der Waals surface area contributed by atoms with Crippen LogP contribution in [0.15, 0.2) is 24.3 Å². The number of carbonyl (C=O) groups excluding carboxylic acids is 2. The zero-order valence-electron chi connectivity index (χ0n) is 14.9. The van der Waals surface area contributed by atoms with Crippen molar-refractivity contribution in [3.63, 3.8) is 0 Å². The van der Waals surface area contributed by atoms with E-state index < -0.39 is 0 Å². The van der Waals surface area contributed by atoms with E-state index in [-0.39, 0.29) is 17.7 Å². The monoisotopic (exact) mass is 362 g/mol. The van der Waals surface area contributed by atoms with Crippen LogP contribution in [0.25, 0.3) is 5.69 Å². The minimum absolute atomic E-state index is 0.0258. The zero-order valence-corrected chi connectivity index (χ0v) is 15.6. The van der Waals surface area contributed by atoms with E-state index in [0.717, 1.165) is 17.1 Å². The van der Waals surface area contributed by atoms with Gasteiger partial charge in [0.15, 0.2) is 0 Å². The van der Waals surface area contributed by atoms with Crippen LogP contribution in [-0.2, 0) is 4.79 Å². The third-order valence-electron chi connectivity index (χ3n) is 3.81. The summed E-state index contributed by atoms with van der Waals surface area (Å²) in [6.07, 6.45) is 0. The predicted octanol–water partition coefficient (Wildman–Crippen LogP) is 2.64. The molecule has 0 fully saturated rings. The van der Waals surface area contributed by atoms with Crippen molar-refractivity contribution in [2.75, 3.05) is 13.1 Å². The van der Waals surface area contributed by atoms with Crippen LogP contribution in [0.3, 0.4) is 0 Å². The van der Waals surface area contributed by atoms with E-state index in [0.29, 0.717) is 23.7 Å². The highest BCUT2D eigenvalue weighted by Gasteiger charge is 2.12. The highest BCUT2D eigenvalue weighted by molar-refractivity contribution is 6.31. The SMILES string of the molecule is Cc1nn(-c2ccc(C(=O)NCCNC(=O)C(C)C)cc2)c(C)c1Cl. The fraction of sp³-hybridized carbons (Fsp3) is 0.389. The summed E-state index contributed by atoms with van der Waals surface area (Å²) in [4.78, 5) is 23.6. The first-order valence-corrected chi connectivity index (χ1v) is 8.57. The van der Waals surface area contributed by atoms with Gasteiger partial charge in [-0.3, -0.25) is 9.59 Å². The van der Waals surface area contributed by atoms with Gasteiger partial charge in [0.25, 0.3) is 5.91 Å². The predicted molar refractivity (Wildman–Crippen MR) is 98.2 cm³/mol. The number of nitrogens with zero attached hydrogens (tertiary/aromatic N) is 2. The Morgan fingerprint density at radius 3 is 2.24 bits per heavy atom. The Bertz CT molecular complexity index is 766. The van der Waals surface area contributed by atoms with E-state index in [1.165, 1.54) is 0 Å². The van der Waals surface area contributed by atoms with E-state index in [2.05, 4.69) is 15.7 Å². The quantitative estimate of drug-likeness (QED) is 0.775. The molecule has 1 aromatic heterocycles. The van der Waals surface area contributed by atoms with Crippen LogP contribution in [0.5, 0.6) is 0 Å².